The Morgan fingerprint density at radius 2 is 1.96 bits per heavy atom. The van der Waals surface area contributed by atoms with E-state index in [0.29, 0.717) is 5.56 Å². The lowest BCUT2D eigenvalue weighted by molar-refractivity contribution is 0.0812. The molecular weight excluding hydrogens is 340 g/mol. The van der Waals surface area contributed by atoms with E-state index in [1.54, 1.807) is 6.20 Å². The van der Waals surface area contributed by atoms with Crippen LogP contribution in [0.15, 0.2) is 36.7 Å². The molecule has 0 radical (unpaired) electrons. The van der Waals surface area contributed by atoms with E-state index in [0.717, 1.165) is 25.2 Å². The first-order valence-electron chi connectivity index (χ1n) is 9.91. The fraction of sp³-hybridized carbons (Fsp3) is 0.524. The number of amides is 1. The van der Waals surface area contributed by atoms with Gasteiger partial charge < -0.3 is 15.0 Å². The number of likely N-dealkylation sites (tertiary alicyclic amines) is 1. The topological polar surface area (TPSA) is 70.4 Å². The number of carbonyl (C=O) groups is 1. The second-order valence-electron chi connectivity index (χ2n) is 7.78. The number of benzene rings is 1. The van der Waals surface area contributed by atoms with E-state index in [-0.39, 0.29) is 18.0 Å². The molecule has 6 nitrogen and oxygen atoms in total. The van der Waals surface area contributed by atoms with Gasteiger partial charge in [0.2, 0.25) is 0 Å². The number of rotatable bonds is 5. The van der Waals surface area contributed by atoms with E-state index in [2.05, 4.69) is 15.2 Å². The first kappa shape index (κ1) is 18.2. The summed E-state index contributed by atoms with van der Waals surface area (Å²) < 4.78 is 2.00. The Balaban J connectivity index is 1.35. The summed E-state index contributed by atoms with van der Waals surface area (Å²) >= 11 is 0. The van der Waals surface area contributed by atoms with Crippen molar-refractivity contribution < 1.29 is 9.90 Å². The van der Waals surface area contributed by atoms with Gasteiger partial charge in [-0.3, -0.25) is 9.69 Å². The first-order chi connectivity index (χ1) is 13.1. The summed E-state index contributed by atoms with van der Waals surface area (Å²) in [6.07, 6.45) is 7.20. The Hall–Kier alpha value is -2.18. The van der Waals surface area contributed by atoms with Crippen LogP contribution in [0.4, 0.5) is 0 Å². The van der Waals surface area contributed by atoms with Crippen LogP contribution in [0.5, 0.6) is 0 Å². The number of aliphatic hydroxyl groups excluding tert-OH is 1. The summed E-state index contributed by atoms with van der Waals surface area (Å²) in [6, 6.07) is 7.60. The van der Waals surface area contributed by atoms with Gasteiger partial charge in [-0.2, -0.15) is 0 Å². The predicted octanol–water partition coefficient (Wildman–Crippen LogP) is 2.28. The minimum atomic E-state index is -0.601. The molecule has 2 fully saturated rings. The van der Waals surface area contributed by atoms with Gasteiger partial charge in [0.1, 0.15) is 5.82 Å². The fourth-order valence-electron chi connectivity index (χ4n) is 4.37. The van der Waals surface area contributed by atoms with Crippen molar-refractivity contribution in [3.63, 3.8) is 0 Å². The molecular formula is C21H28N4O2. The van der Waals surface area contributed by atoms with E-state index in [9.17, 15) is 9.90 Å². The van der Waals surface area contributed by atoms with Gasteiger partial charge in [0, 0.05) is 24.5 Å². The van der Waals surface area contributed by atoms with Crippen LogP contribution in [0, 0.1) is 6.92 Å². The monoisotopic (exact) mass is 368 g/mol. The average Bonchev–Trinajstić information content (AvgIpc) is 3.39. The molecule has 1 saturated heterocycles. The van der Waals surface area contributed by atoms with Gasteiger partial charge in [0.25, 0.3) is 5.91 Å². The number of hydrogen-bond donors (Lipinski definition) is 2. The van der Waals surface area contributed by atoms with Gasteiger partial charge in [-0.15, -0.1) is 0 Å². The third kappa shape index (κ3) is 3.92. The minimum absolute atomic E-state index is 0.0272. The van der Waals surface area contributed by atoms with Crippen molar-refractivity contribution in [2.24, 2.45) is 0 Å². The summed E-state index contributed by atoms with van der Waals surface area (Å²) in [7, 11) is 0. The van der Waals surface area contributed by atoms with Crippen LogP contribution >= 0.6 is 0 Å². The number of aliphatic hydroxyl groups is 1. The normalized spacial score (nSPS) is 25.8. The molecule has 1 saturated carbocycles. The summed E-state index contributed by atoms with van der Waals surface area (Å²) in [6.45, 7) is 5.22. The van der Waals surface area contributed by atoms with E-state index in [1.165, 1.54) is 31.5 Å². The van der Waals surface area contributed by atoms with Crippen molar-refractivity contribution >= 4 is 5.91 Å². The fourth-order valence-corrected chi connectivity index (χ4v) is 4.37. The summed E-state index contributed by atoms with van der Waals surface area (Å²) in [5.41, 5.74) is 1.89. The van der Waals surface area contributed by atoms with E-state index < -0.39 is 6.10 Å². The number of carbonyl (C=O) groups excluding carboxylic acids is 1. The van der Waals surface area contributed by atoms with Crippen LogP contribution in [-0.4, -0.2) is 50.7 Å². The summed E-state index contributed by atoms with van der Waals surface area (Å²) in [5, 5.41) is 13.7. The van der Waals surface area contributed by atoms with Crippen molar-refractivity contribution in [3.8, 4) is 0 Å². The molecule has 3 atom stereocenters. The van der Waals surface area contributed by atoms with Crippen LogP contribution in [0.2, 0.25) is 0 Å². The van der Waals surface area contributed by atoms with Gasteiger partial charge in [-0.05, 0) is 63.4 Å². The lowest BCUT2D eigenvalue weighted by Crippen LogP contribution is -2.42. The molecule has 1 aromatic carbocycles. The van der Waals surface area contributed by atoms with Crippen LogP contribution in [0.1, 0.15) is 53.5 Å². The maximum atomic E-state index is 12.6. The van der Waals surface area contributed by atoms with Crippen LogP contribution < -0.4 is 5.32 Å². The minimum Gasteiger partial charge on any atom is -0.389 e. The molecule has 2 aliphatic rings. The molecule has 27 heavy (non-hydrogen) atoms. The SMILES string of the molecule is Cc1nccn1[C@@H]1CC[C@@H](NC(=O)c2ccc(CN3CCCC3)cc2)[C@H]1O. The van der Waals surface area contributed by atoms with Crippen LogP contribution in [0.25, 0.3) is 0 Å². The molecule has 1 amide bonds. The van der Waals surface area contributed by atoms with E-state index in [1.807, 2.05) is 42.0 Å². The summed E-state index contributed by atoms with van der Waals surface area (Å²) in [5.74, 6) is 0.773. The highest BCUT2D eigenvalue weighted by atomic mass is 16.3. The largest absolute Gasteiger partial charge is 0.389 e. The number of imidazole rings is 1. The maximum Gasteiger partial charge on any atom is 0.251 e. The molecule has 0 bridgehead atoms. The van der Waals surface area contributed by atoms with Crippen molar-refractivity contribution in [1.82, 2.24) is 19.8 Å². The van der Waals surface area contributed by atoms with Gasteiger partial charge in [0.15, 0.2) is 0 Å². The first-order valence-corrected chi connectivity index (χ1v) is 9.91. The molecule has 0 spiro atoms. The lowest BCUT2D eigenvalue weighted by atomic mass is 10.1. The molecule has 144 valence electrons. The van der Waals surface area contributed by atoms with Crippen molar-refractivity contribution in [2.75, 3.05) is 13.1 Å². The van der Waals surface area contributed by atoms with E-state index >= 15 is 0 Å². The second-order valence-corrected chi connectivity index (χ2v) is 7.78. The number of hydrogen-bond acceptors (Lipinski definition) is 4. The van der Waals surface area contributed by atoms with Crippen molar-refractivity contribution in [2.45, 2.75) is 57.3 Å². The van der Waals surface area contributed by atoms with E-state index in [4.69, 9.17) is 0 Å². The molecule has 1 aliphatic carbocycles. The molecule has 2 N–H and O–H groups in total. The smallest absolute Gasteiger partial charge is 0.251 e. The molecule has 2 heterocycles. The molecule has 1 aliphatic heterocycles. The quantitative estimate of drug-likeness (QED) is 0.849. The standard InChI is InChI=1S/C21H28N4O2/c1-15-22-10-13-25(15)19-9-8-18(20(19)26)23-21(27)17-6-4-16(5-7-17)14-24-11-2-3-12-24/h4-7,10,13,18-20,26H,2-3,8-9,11-12,14H2,1H3,(H,23,27)/t18-,19-,20-/m1/s1. The van der Waals surface area contributed by atoms with Gasteiger partial charge in [-0.1, -0.05) is 12.1 Å². The van der Waals surface area contributed by atoms with Crippen molar-refractivity contribution in [3.05, 3.63) is 53.6 Å². The summed E-state index contributed by atoms with van der Waals surface area (Å²) in [4.78, 5) is 19.3. The zero-order chi connectivity index (χ0) is 18.8. The Morgan fingerprint density at radius 1 is 1.22 bits per heavy atom. The molecule has 2 aromatic rings. The predicted molar refractivity (Wildman–Crippen MR) is 103 cm³/mol. The van der Waals surface area contributed by atoms with Gasteiger partial charge in [0.05, 0.1) is 18.2 Å². The van der Waals surface area contributed by atoms with Gasteiger partial charge >= 0.3 is 0 Å². The Bertz CT molecular complexity index is 780. The van der Waals surface area contributed by atoms with Crippen molar-refractivity contribution in [1.29, 1.82) is 0 Å². The van der Waals surface area contributed by atoms with Crippen LogP contribution in [-0.2, 0) is 6.54 Å². The lowest BCUT2D eigenvalue weighted by Gasteiger charge is -2.22. The number of aromatic nitrogens is 2. The molecule has 4 rings (SSSR count). The molecule has 1 aromatic heterocycles. The molecule has 0 unspecified atom stereocenters. The number of nitrogens with zero attached hydrogens (tertiary/aromatic N) is 3. The second kappa shape index (κ2) is 7.82. The molecule has 6 heteroatoms. The third-order valence-corrected chi connectivity index (χ3v) is 5.94. The van der Waals surface area contributed by atoms with Gasteiger partial charge in [-0.25, -0.2) is 4.98 Å². The Morgan fingerprint density at radius 3 is 2.63 bits per heavy atom. The zero-order valence-corrected chi connectivity index (χ0v) is 15.8. The Kier molecular flexibility index (Phi) is 5.27. The highest BCUT2D eigenvalue weighted by Crippen LogP contribution is 2.31. The number of aryl methyl sites for hydroxylation is 1. The highest BCUT2D eigenvalue weighted by molar-refractivity contribution is 5.94. The highest BCUT2D eigenvalue weighted by Gasteiger charge is 2.37. The maximum absolute atomic E-state index is 12.6. The number of nitrogens with one attached hydrogen (secondary N) is 1. The zero-order valence-electron chi connectivity index (χ0n) is 15.8. The third-order valence-electron chi connectivity index (χ3n) is 5.94. The van der Waals surface area contributed by atoms with Crippen LogP contribution in [0.3, 0.4) is 0 Å². The average molecular weight is 368 g/mol. The Labute approximate surface area is 160 Å².